The van der Waals surface area contributed by atoms with Crippen LogP contribution >= 0.6 is 12.4 Å². The minimum atomic E-state index is -3.51. The first kappa shape index (κ1) is 17.4. The first-order chi connectivity index (χ1) is 8.64. The standard InChI is InChI=1S/C12H22N4O2S.ClH/c1-9-14-11(7-15(9)4)19(17,18)16-6-5-10(13)12(2,3)8-16;/h7,10H,5-6,8,13H2,1-4H3;1H. The van der Waals surface area contributed by atoms with Crippen molar-refractivity contribution < 1.29 is 8.42 Å². The number of nitrogens with two attached hydrogens (primary N) is 1. The van der Waals surface area contributed by atoms with E-state index in [0.717, 1.165) is 0 Å². The minimum Gasteiger partial charge on any atom is -0.337 e. The number of aromatic nitrogens is 2. The van der Waals surface area contributed by atoms with E-state index in [-0.39, 0.29) is 28.9 Å². The molecule has 1 aliphatic heterocycles. The number of sulfonamides is 1. The summed E-state index contributed by atoms with van der Waals surface area (Å²) in [5.74, 6) is 0.687. The number of nitrogens with zero attached hydrogens (tertiary/aromatic N) is 3. The van der Waals surface area contributed by atoms with Crippen molar-refractivity contribution in [2.24, 2.45) is 18.2 Å². The van der Waals surface area contributed by atoms with Gasteiger partial charge in [-0.25, -0.2) is 13.4 Å². The summed E-state index contributed by atoms with van der Waals surface area (Å²) in [4.78, 5) is 4.13. The Labute approximate surface area is 126 Å². The van der Waals surface area contributed by atoms with E-state index < -0.39 is 10.0 Å². The fourth-order valence-electron chi connectivity index (χ4n) is 2.31. The molecule has 2 N–H and O–H groups in total. The van der Waals surface area contributed by atoms with Gasteiger partial charge in [0.15, 0.2) is 5.03 Å². The van der Waals surface area contributed by atoms with Crippen molar-refractivity contribution >= 4 is 22.4 Å². The second-order valence-electron chi connectivity index (χ2n) is 5.96. The van der Waals surface area contributed by atoms with E-state index >= 15 is 0 Å². The van der Waals surface area contributed by atoms with Gasteiger partial charge in [-0.1, -0.05) is 13.8 Å². The van der Waals surface area contributed by atoms with Crippen molar-refractivity contribution in [3.8, 4) is 0 Å². The summed E-state index contributed by atoms with van der Waals surface area (Å²) in [6.07, 6.45) is 2.24. The van der Waals surface area contributed by atoms with Crippen LogP contribution in [0.5, 0.6) is 0 Å². The molecule has 2 rings (SSSR count). The Bertz CT molecular complexity index is 563. The Balaban J connectivity index is 0.00000200. The zero-order chi connectivity index (χ0) is 14.4. The Morgan fingerprint density at radius 2 is 2.05 bits per heavy atom. The first-order valence-corrected chi connectivity index (χ1v) is 7.84. The predicted octanol–water partition coefficient (Wildman–Crippen LogP) is 0.898. The lowest BCUT2D eigenvalue weighted by Crippen LogP contribution is -2.53. The van der Waals surface area contributed by atoms with E-state index in [1.165, 1.54) is 4.31 Å². The van der Waals surface area contributed by atoms with Gasteiger partial charge in [-0.05, 0) is 18.8 Å². The van der Waals surface area contributed by atoms with Gasteiger partial charge in [-0.2, -0.15) is 4.31 Å². The van der Waals surface area contributed by atoms with Gasteiger partial charge in [0.2, 0.25) is 0 Å². The molecule has 20 heavy (non-hydrogen) atoms. The van der Waals surface area contributed by atoms with Crippen LogP contribution in [-0.2, 0) is 17.1 Å². The van der Waals surface area contributed by atoms with Crippen molar-refractivity contribution in [2.45, 2.75) is 38.3 Å². The molecule has 1 aliphatic rings. The highest BCUT2D eigenvalue weighted by atomic mass is 35.5. The van der Waals surface area contributed by atoms with E-state index in [4.69, 9.17) is 5.73 Å². The average Bonchev–Trinajstić information content (AvgIpc) is 2.63. The van der Waals surface area contributed by atoms with Gasteiger partial charge in [-0.3, -0.25) is 0 Å². The molecular weight excluding hydrogens is 300 g/mol. The van der Waals surface area contributed by atoms with Crippen molar-refractivity contribution in [3.63, 3.8) is 0 Å². The monoisotopic (exact) mass is 322 g/mol. The summed E-state index contributed by atoms with van der Waals surface area (Å²) in [6, 6.07) is 0.0319. The molecule has 1 saturated heterocycles. The normalized spacial score (nSPS) is 23.4. The molecule has 0 spiro atoms. The van der Waals surface area contributed by atoms with Crippen LogP contribution in [0, 0.1) is 12.3 Å². The number of piperidine rings is 1. The summed E-state index contributed by atoms with van der Waals surface area (Å²) >= 11 is 0. The van der Waals surface area contributed by atoms with E-state index in [1.54, 1.807) is 24.7 Å². The van der Waals surface area contributed by atoms with Gasteiger partial charge in [-0.15, -0.1) is 12.4 Å². The van der Waals surface area contributed by atoms with Crippen molar-refractivity contribution in [2.75, 3.05) is 13.1 Å². The lowest BCUT2D eigenvalue weighted by Gasteiger charge is -2.41. The van der Waals surface area contributed by atoms with Crippen LogP contribution in [0.2, 0.25) is 0 Å². The summed E-state index contributed by atoms with van der Waals surface area (Å²) in [5, 5.41) is 0.124. The second kappa shape index (κ2) is 5.63. The van der Waals surface area contributed by atoms with Crippen LogP contribution < -0.4 is 5.73 Å². The molecule has 1 fully saturated rings. The minimum absolute atomic E-state index is 0. The molecule has 0 saturated carbocycles. The molecule has 116 valence electrons. The molecule has 0 bridgehead atoms. The predicted molar refractivity (Wildman–Crippen MR) is 80.3 cm³/mol. The number of imidazole rings is 1. The maximum absolute atomic E-state index is 12.6. The van der Waals surface area contributed by atoms with Gasteiger partial charge in [0.1, 0.15) is 5.82 Å². The highest BCUT2D eigenvalue weighted by Crippen LogP contribution is 2.30. The molecule has 0 amide bonds. The quantitative estimate of drug-likeness (QED) is 0.877. The van der Waals surface area contributed by atoms with E-state index in [2.05, 4.69) is 4.98 Å². The van der Waals surface area contributed by atoms with Gasteiger partial charge < -0.3 is 10.3 Å². The maximum atomic E-state index is 12.6. The molecule has 2 heterocycles. The zero-order valence-electron chi connectivity index (χ0n) is 12.3. The third-order valence-corrected chi connectivity index (χ3v) is 5.68. The van der Waals surface area contributed by atoms with Crippen LogP contribution in [0.15, 0.2) is 11.2 Å². The molecule has 1 aromatic rings. The summed E-state index contributed by atoms with van der Waals surface area (Å²) in [7, 11) is -1.72. The maximum Gasteiger partial charge on any atom is 0.262 e. The Morgan fingerprint density at radius 1 is 1.45 bits per heavy atom. The lowest BCUT2D eigenvalue weighted by molar-refractivity contribution is 0.155. The third kappa shape index (κ3) is 3.00. The molecule has 8 heteroatoms. The van der Waals surface area contributed by atoms with Crippen molar-refractivity contribution in [1.29, 1.82) is 0 Å². The molecule has 0 radical (unpaired) electrons. The molecule has 6 nitrogen and oxygen atoms in total. The molecular formula is C12H23ClN4O2S. The largest absolute Gasteiger partial charge is 0.337 e. The van der Waals surface area contributed by atoms with Gasteiger partial charge in [0.05, 0.1) is 0 Å². The van der Waals surface area contributed by atoms with Crippen LogP contribution in [-0.4, -0.2) is 41.4 Å². The van der Waals surface area contributed by atoms with Gasteiger partial charge in [0, 0.05) is 32.4 Å². The number of halogens is 1. The number of hydrogen-bond donors (Lipinski definition) is 1. The van der Waals surface area contributed by atoms with E-state index in [9.17, 15) is 8.42 Å². The fraction of sp³-hybridized carbons (Fsp3) is 0.750. The summed E-state index contributed by atoms with van der Waals surface area (Å²) < 4.78 is 28.3. The third-order valence-electron chi connectivity index (χ3n) is 3.97. The molecule has 1 atom stereocenters. The molecule has 0 aliphatic carbocycles. The summed E-state index contributed by atoms with van der Waals surface area (Å²) in [6.45, 7) is 6.69. The fourth-order valence-corrected chi connectivity index (χ4v) is 3.96. The van der Waals surface area contributed by atoms with Gasteiger partial charge in [0.25, 0.3) is 10.0 Å². The zero-order valence-corrected chi connectivity index (χ0v) is 14.0. The lowest BCUT2D eigenvalue weighted by atomic mass is 9.81. The average molecular weight is 323 g/mol. The second-order valence-corrected chi connectivity index (χ2v) is 7.84. The van der Waals surface area contributed by atoms with Crippen LogP contribution in [0.25, 0.3) is 0 Å². The van der Waals surface area contributed by atoms with Crippen LogP contribution in [0.1, 0.15) is 26.1 Å². The summed E-state index contributed by atoms with van der Waals surface area (Å²) in [5.41, 5.74) is 5.83. The Hall–Kier alpha value is -0.630. The number of rotatable bonds is 2. The highest BCUT2D eigenvalue weighted by molar-refractivity contribution is 7.89. The topological polar surface area (TPSA) is 81.2 Å². The van der Waals surface area contributed by atoms with Gasteiger partial charge >= 0.3 is 0 Å². The first-order valence-electron chi connectivity index (χ1n) is 6.40. The van der Waals surface area contributed by atoms with E-state index in [1.807, 2.05) is 13.8 Å². The highest BCUT2D eigenvalue weighted by Gasteiger charge is 2.39. The smallest absolute Gasteiger partial charge is 0.262 e. The molecule has 1 aromatic heterocycles. The molecule has 0 aromatic carbocycles. The Morgan fingerprint density at radius 3 is 2.50 bits per heavy atom. The van der Waals surface area contributed by atoms with Crippen molar-refractivity contribution in [1.82, 2.24) is 13.9 Å². The van der Waals surface area contributed by atoms with Crippen molar-refractivity contribution in [3.05, 3.63) is 12.0 Å². The van der Waals surface area contributed by atoms with Crippen LogP contribution in [0.3, 0.4) is 0 Å². The Kier molecular flexibility index (Phi) is 4.91. The van der Waals surface area contributed by atoms with E-state index in [0.29, 0.717) is 25.3 Å². The SMILES string of the molecule is Cc1nc(S(=O)(=O)N2CCC(N)C(C)(C)C2)cn1C.Cl. The molecule has 1 unspecified atom stereocenters. The van der Waals surface area contributed by atoms with Crippen LogP contribution in [0.4, 0.5) is 0 Å². The number of aryl methyl sites for hydroxylation is 2. The number of hydrogen-bond acceptors (Lipinski definition) is 4.